The number of aliphatic hydroxyl groups is 1. The fourth-order valence-electron chi connectivity index (χ4n) is 1.70. The summed E-state index contributed by atoms with van der Waals surface area (Å²) in [5.41, 5.74) is -0.709. The Hall–Kier alpha value is -0.410. The number of hydrogen-bond acceptors (Lipinski definition) is 3. The van der Waals surface area contributed by atoms with E-state index in [1.165, 1.54) is 0 Å². The van der Waals surface area contributed by atoms with Gasteiger partial charge in [-0.05, 0) is 19.9 Å². The highest BCUT2D eigenvalue weighted by molar-refractivity contribution is 5.79. The second-order valence-electron chi connectivity index (χ2n) is 4.10. The topological polar surface area (TPSA) is 40.5 Å². The lowest BCUT2D eigenvalue weighted by Crippen LogP contribution is -2.43. The maximum Gasteiger partial charge on any atom is 0.135 e. The monoisotopic (exact) mass is 185 g/mol. The van der Waals surface area contributed by atoms with Crippen molar-refractivity contribution < 1.29 is 9.90 Å². The van der Waals surface area contributed by atoms with Crippen LogP contribution in [0.4, 0.5) is 0 Å². The molecule has 3 nitrogen and oxygen atoms in total. The fraction of sp³-hybridized carbons (Fsp3) is 0.900. The van der Waals surface area contributed by atoms with E-state index in [4.69, 9.17) is 0 Å². The highest BCUT2D eigenvalue weighted by Crippen LogP contribution is 2.25. The van der Waals surface area contributed by atoms with E-state index in [0.29, 0.717) is 12.8 Å². The van der Waals surface area contributed by atoms with E-state index in [-0.39, 0.29) is 5.78 Å². The number of Topliss-reactive ketones (excluding diaryl/α,β-unsaturated/α-hetero) is 1. The van der Waals surface area contributed by atoms with E-state index < -0.39 is 5.60 Å². The van der Waals surface area contributed by atoms with E-state index in [1.54, 1.807) is 0 Å². The Labute approximate surface area is 79.7 Å². The van der Waals surface area contributed by atoms with Gasteiger partial charge in [-0.3, -0.25) is 4.79 Å². The van der Waals surface area contributed by atoms with Gasteiger partial charge in [0.25, 0.3) is 0 Å². The van der Waals surface area contributed by atoms with Crippen LogP contribution in [0, 0.1) is 0 Å². The first-order chi connectivity index (χ1) is 6.06. The van der Waals surface area contributed by atoms with Crippen LogP contribution in [0.1, 0.15) is 32.6 Å². The summed E-state index contributed by atoms with van der Waals surface area (Å²) in [6, 6.07) is 0. The normalized spacial score (nSPS) is 23.0. The third-order valence-electron chi connectivity index (χ3n) is 2.84. The highest BCUT2D eigenvalue weighted by atomic mass is 16.3. The highest BCUT2D eigenvalue weighted by Gasteiger charge is 2.32. The second kappa shape index (κ2) is 4.20. The van der Waals surface area contributed by atoms with Crippen molar-refractivity contribution in [3.05, 3.63) is 0 Å². The summed E-state index contributed by atoms with van der Waals surface area (Å²) in [5, 5.41) is 10.0. The second-order valence-corrected chi connectivity index (χ2v) is 4.10. The molecule has 76 valence electrons. The lowest BCUT2D eigenvalue weighted by atomic mass is 9.86. The van der Waals surface area contributed by atoms with Crippen LogP contribution in [0.2, 0.25) is 0 Å². The molecule has 1 N–H and O–H groups in total. The number of piperidine rings is 1. The number of ketones is 1. The largest absolute Gasteiger partial charge is 0.389 e. The van der Waals surface area contributed by atoms with Gasteiger partial charge in [0, 0.05) is 25.9 Å². The van der Waals surface area contributed by atoms with Gasteiger partial charge in [-0.2, -0.15) is 0 Å². The first-order valence-electron chi connectivity index (χ1n) is 4.98. The van der Waals surface area contributed by atoms with Gasteiger partial charge in [0.05, 0.1) is 5.60 Å². The van der Waals surface area contributed by atoms with Crippen LogP contribution < -0.4 is 0 Å². The first kappa shape index (κ1) is 10.7. The zero-order valence-corrected chi connectivity index (χ0v) is 8.55. The SMILES string of the molecule is CCC(=O)CC1(O)CCN(C)CC1. The van der Waals surface area contributed by atoms with E-state index in [0.717, 1.165) is 25.9 Å². The van der Waals surface area contributed by atoms with Crippen LogP contribution in [-0.2, 0) is 4.79 Å². The van der Waals surface area contributed by atoms with E-state index in [2.05, 4.69) is 4.90 Å². The van der Waals surface area contributed by atoms with Crippen LogP contribution in [-0.4, -0.2) is 41.5 Å². The van der Waals surface area contributed by atoms with Gasteiger partial charge in [-0.25, -0.2) is 0 Å². The molecule has 3 heteroatoms. The summed E-state index contributed by atoms with van der Waals surface area (Å²) in [6.07, 6.45) is 2.35. The average Bonchev–Trinajstić information content (AvgIpc) is 2.10. The number of carbonyl (C=O) groups excluding carboxylic acids is 1. The minimum Gasteiger partial charge on any atom is -0.389 e. The Morgan fingerprint density at radius 1 is 1.46 bits per heavy atom. The minimum absolute atomic E-state index is 0.173. The van der Waals surface area contributed by atoms with Crippen LogP contribution in [0.3, 0.4) is 0 Å². The van der Waals surface area contributed by atoms with Gasteiger partial charge in [-0.15, -0.1) is 0 Å². The first-order valence-corrected chi connectivity index (χ1v) is 4.98. The summed E-state index contributed by atoms with van der Waals surface area (Å²) in [4.78, 5) is 13.4. The fourth-order valence-corrected chi connectivity index (χ4v) is 1.70. The Balaban J connectivity index is 2.43. The third-order valence-corrected chi connectivity index (χ3v) is 2.84. The van der Waals surface area contributed by atoms with Crippen molar-refractivity contribution in [3.8, 4) is 0 Å². The van der Waals surface area contributed by atoms with Crippen molar-refractivity contribution in [2.75, 3.05) is 20.1 Å². The molecule has 0 amide bonds. The molecule has 0 aromatic heterocycles. The summed E-state index contributed by atoms with van der Waals surface area (Å²) < 4.78 is 0. The van der Waals surface area contributed by atoms with Crippen LogP contribution in [0.15, 0.2) is 0 Å². The maximum atomic E-state index is 11.2. The predicted molar refractivity (Wildman–Crippen MR) is 51.6 cm³/mol. The van der Waals surface area contributed by atoms with Crippen molar-refractivity contribution >= 4 is 5.78 Å². The van der Waals surface area contributed by atoms with Gasteiger partial charge in [-0.1, -0.05) is 6.92 Å². The quantitative estimate of drug-likeness (QED) is 0.707. The van der Waals surface area contributed by atoms with Crippen molar-refractivity contribution in [1.82, 2.24) is 4.90 Å². The molecular formula is C10H19NO2. The van der Waals surface area contributed by atoms with Gasteiger partial charge in [0.15, 0.2) is 0 Å². The molecule has 1 rings (SSSR count). The van der Waals surface area contributed by atoms with E-state index in [1.807, 2.05) is 14.0 Å². The Kier molecular flexibility index (Phi) is 3.45. The molecule has 13 heavy (non-hydrogen) atoms. The molecule has 0 atom stereocenters. The predicted octanol–water partition coefficient (Wildman–Crippen LogP) is 0.812. The molecule has 0 saturated carbocycles. The van der Waals surface area contributed by atoms with E-state index >= 15 is 0 Å². The third kappa shape index (κ3) is 3.08. The molecule has 1 heterocycles. The number of hydrogen-bond donors (Lipinski definition) is 1. The Bertz CT molecular complexity index is 183. The summed E-state index contributed by atoms with van der Waals surface area (Å²) >= 11 is 0. The molecule has 1 aliphatic rings. The summed E-state index contributed by atoms with van der Waals surface area (Å²) in [5.74, 6) is 0.173. The molecule has 0 bridgehead atoms. The molecule has 0 aromatic rings. The van der Waals surface area contributed by atoms with Gasteiger partial charge in [0.2, 0.25) is 0 Å². The number of likely N-dealkylation sites (tertiary alicyclic amines) is 1. The molecule has 0 aromatic carbocycles. The van der Waals surface area contributed by atoms with Crippen LogP contribution in [0.5, 0.6) is 0 Å². The lowest BCUT2D eigenvalue weighted by Gasteiger charge is -2.36. The maximum absolute atomic E-state index is 11.2. The smallest absolute Gasteiger partial charge is 0.135 e. The lowest BCUT2D eigenvalue weighted by molar-refractivity contribution is -0.125. The van der Waals surface area contributed by atoms with Gasteiger partial charge in [0.1, 0.15) is 5.78 Å². The van der Waals surface area contributed by atoms with Crippen molar-refractivity contribution in [3.63, 3.8) is 0 Å². The molecule has 1 saturated heterocycles. The summed E-state index contributed by atoms with van der Waals surface area (Å²) in [7, 11) is 2.04. The Morgan fingerprint density at radius 2 is 2.00 bits per heavy atom. The number of nitrogens with zero attached hydrogens (tertiary/aromatic N) is 1. The Morgan fingerprint density at radius 3 is 2.46 bits per heavy atom. The van der Waals surface area contributed by atoms with Gasteiger partial charge >= 0.3 is 0 Å². The number of carbonyl (C=O) groups is 1. The average molecular weight is 185 g/mol. The molecule has 0 spiro atoms. The molecule has 0 aliphatic carbocycles. The molecule has 1 fully saturated rings. The van der Waals surface area contributed by atoms with Crippen molar-refractivity contribution in [1.29, 1.82) is 0 Å². The van der Waals surface area contributed by atoms with Crippen LogP contribution >= 0.6 is 0 Å². The molecule has 0 unspecified atom stereocenters. The molecular weight excluding hydrogens is 166 g/mol. The zero-order valence-electron chi connectivity index (χ0n) is 8.55. The molecule has 1 aliphatic heterocycles. The zero-order chi connectivity index (χ0) is 9.90. The molecule has 0 radical (unpaired) electrons. The number of rotatable bonds is 3. The van der Waals surface area contributed by atoms with E-state index in [9.17, 15) is 9.90 Å². The van der Waals surface area contributed by atoms with Crippen molar-refractivity contribution in [2.24, 2.45) is 0 Å². The van der Waals surface area contributed by atoms with Crippen molar-refractivity contribution in [2.45, 2.75) is 38.2 Å². The standard InChI is InChI=1S/C10H19NO2/c1-3-9(12)8-10(13)4-6-11(2)7-5-10/h13H,3-8H2,1-2H3. The van der Waals surface area contributed by atoms with Gasteiger partial charge < -0.3 is 10.0 Å². The minimum atomic E-state index is -0.709. The van der Waals surface area contributed by atoms with Crippen LogP contribution in [0.25, 0.3) is 0 Å². The summed E-state index contributed by atoms with van der Waals surface area (Å²) in [6.45, 7) is 3.64.